The maximum absolute atomic E-state index is 14.3. The fourth-order valence-corrected chi connectivity index (χ4v) is 7.54. The molecule has 2 heterocycles. The fourth-order valence-electron chi connectivity index (χ4n) is 5.91. The number of aryl methyl sites for hydroxylation is 1. The highest BCUT2D eigenvalue weighted by Gasteiger charge is 2.40. The molecule has 0 fully saturated rings. The van der Waals surface area contributed by atoms with Crippen molar-refractivity contribution >= 4 is 21.6 Å². The van der Waals surface area contributed by atoms with Crippen molar-refractivity contribution in [1.29, 1.82) is 0 Å². The third-order valence-corrected chi connectivity index (χ3v) is 10.5. The zero-order chi connectivity index (χ0) is 30.0. The minimum atomic E-state index is -3.88. The van der Waals surface area contributed by atoms with Crippen molar-refractivity contribution < 1.29 is 27.4 Å². The van der Waals surface area contributed by atoms with Crippen LogP contribution in [-0.2, 0) is 34.9 Å². The number of methoxy groups -OCH3 is 2. The summed E-state index contributed by atoms with van der Waals surface area (Å²) in [7, 11) is -0.667. The number of rotatable bonds is 8. The Morgan fingerprint density at radius 1 is 0.791 bits per heavy atom. The van der Waals surface area contributed by atoms with E-state index < -0.39 is 10.0 Å². The van der Waals surface area contributed by atoms with Crippen molar-refractivity contribution in [2.24, 2.45) is 0 Å². The van der Waals surface area contributed by atoms with Crippen LogP contribution in [-0.4, -0.2) is 40.2 Å². The Labute approximate surface area is 258 Å². The molecule has 0 unspecified atom stereocenters. The zero-order valence-corrected chi connectivity index (χ0v) is 25.8. The van der Waals surface area contributed by atoms with Crippen molar-refractivity contribution in [3.63, 3.8) is 0 Å². The third-order valence-electron chi connectivity index (χ3n) is 8.44. The van der Waals surface area contributed by atoms with Crippen molar-refractivity contribution in [2.75, 3.05) is 27.4 Å². The van der Waals surface area contributed by atoms with E-state index in [0.717, 1.165) is 46.6 Å². The average molecular weight is 620 g/mol. The molecule has 0 aliphatic carbocycles. The minimum absolute atomic E-state index is 0.203. The van der Waals surface area contributed by atoms with Crippen LogP contribution in [0.5, 0.6) is 23.0 Å². The van der Waals surface area contributed by atoms with Gasteiger partial charge >= 0.3 is 0 Å². The predicted octanol–water partition coefficient (Wildman–Crippen LogP) is 6.79. The molecule has 2 aliphatic rings. The lowest BCUT2D eigenvalue weighted by molar-refractivity contribution is 0.147. The number of hydrogen-bond donors (Lipinski definition) is 0. The smallest absolute Gasteiger partial charge is 0.243 e. The summed E-state index contributed by atoms with van der Waals surface area (Å²) in [4.78, 5) is 0.243. The maximum atomic E-state index is 14.3. The summed E-state index contributed by atoms with van der Waals surface area (Å²) in [6, 6.07) is 25.9. The Morgan fingerprint density at radius 3 is 2.07 bits per heavy atom. The Hall–Kier alpha value is -3.72. The van der Waals surface area contributed by atoms with Gasteiger partial charge < -0.3 is 18.9 Å². The average Bonchev–Trinajstić information content (AvgIpc) is 3.21. The van der Waals surface area contributed by atoms with Gasteiger partial charge in [-0.25, -0.2) is 8.42 Å². The third kappa shape index (κ3) is 6.05. The number of benzene rings is 4. The van der Waals surface area contributed by atoms with E-state index in [0.29, 0.717) is 36.2 Å². The molecule has 9 heteroatoms. The molecule has 0 N–H and O–H groups in total. The molecule has 0 saturated carbocycles. The summed E-state index contributed by atoms with van der Waals surface area (Å²) in [6.07, 6.45) is 2.30. The molecule has 4 aromatic carbocycles. The molecule has 4 aromatic rings. The molecule has 2 aliphatic heterocycles. The van der Waals surface area contributed by atoms with Crippen LogP contribution in [0.1, 0.15) is 35.1 Å². The van der Waals surface area contributed by atoms with Gasteiger partial charge in [0, 0.05) is 29.1 Å². The Bertz CT molecular complexity index is 1660. The molecule has 224 valence electrons. The van der Waals surface area contributed by atoms with Crippen molar-refractivity contribution in [3.8, 4) is 23.0 Å². The van der Waals surface area contributed by atoms with Crippen LogP contribution in [0.4, 0.5) is 0 Å². The Morgan fingerprint density at radius 2 is 1.44 bits per heavy atom. The summed E-state index contributed by atoms with van der Waals surface area (Å²) in [5.41, 5.74) is 3.46. The first-order valence-electron chi connectivity index (χ1n) is 14.2. The van der Waals surface area contributed by atoms with Gasteiger partial charge in [0.05, 0.1) is 32.3 Å². The van der Waals surface area contributed by atoms with E-state index in [9.17, 15) is 8.42 Å². The molecule has 0 aromatic heterocycles. The molecule has 0 bridgehead atoms. The van der Waals surface area contributed by atoms with E-state index in [1.165, 1.54) is 4.31 Å². The fraction of sp³-hybridized carbons (Fsp3) is 0.294. The number of halogens is 1. The first-order chi connectivity index (χ1) is 20.8. The quantitative estimate of drug-likeness (QED) is 0.216. The van der Waals surface area contributed by atoms with Gasteiger partial charge in [-0.05, 0) is 90.6 Å². The van der Waals surface area contributed by atoms with Crippen LogP contribution in [0.2, 0.25) is 5.02 Å². The zero-order valence-electron chi connectivity index (χ0n) is 24.2. The van der Waals surface area contributed by atoms with Crippen LogP contribution in [0.15, 0.2) is 89.8 Å². The largest absolute Gasteiger partial charge is 0.497 e. The van der Waals surface area contributed by atoms with Gasteiger partial charge in [-0.3, -0.25) is 0 Å². The lowest BCUT2D eigenvalue weighted by atomic mass is 9.73. The van der Waals surface area contributed by atoms with Gasteiger partial charge in [0.2, 0.25) is 10.0 Å². The highest BCUT2D eigenvalue weighted by molar-refractivity contribution is 7.89. The van der Waals surface area contributed by atoms with E-state index in [-0.39, 0.29) is 23.4 Å². The molecule has 6 rings (SSSR count). The summed E-state index contributed by atoms with van der Waals surface area (Å²) < 4.78 is 52.9. The van der Waals surface area contributed by atoms with Crippen LogP contribution in [0, 0.1) is 0 Å². The number of hydrogen-bond acceptors (Lipinski definition) is 6. The molecule has 0 amide bonds. The van der Waals surface area contributed by atoms with Crippen LogP contribution >= 0.6 is 11.6 Å². The van der Waals surface area contributed by atoms with Crippen LogP contribution in [0.25, 0.3) is 0 Å². The SMILES string of the molecule is COc1ccc(CN(Cc2ccc(OC)cc2)S(=O)(=O)c2ccc3c(c2)CC[C@@]2(CCOc4cc(Cl)ccc42)CO3)cc1. The van der Waals surface area contributed by atoms with E-state index in [4.69, 9.17) is 30.5 Å². The molecule has 0 radical (unpaired) electrons. The molecular weight excluding hydrogens is 586 g/mol. The van der Waals surface area contributed by atoms with Crippen molar-refractivity contribution in [2.45, 2.75) is 42.7 Å². The first kappa shape index (κ1) is 29.4. The number of nitrogens with zero attached hydrogens (tertiary/aromatic N) is 1. The van der Waals surface area contributed by atoms with Gasteiger partial charge in [-0.15, -0.1) is 0 Å². The molecular formula is C34H34ClNO6S. The van der Waals surface area contributed by atoms with Gasteiger partial charge in [0.25, 0.3) is 0 Å². The summed E-state index contributed by atoms with van der Waals surface area (Å²) in [6.45, 7) is 1.48. The topological polar surface area (TPSA) is 74.3 Å². The van der Waals surface area contributed by atoms with E-state index >= 15 is 0 Å². The van der Waals surface area contributed by atoms with Crippen molar-refractivity contribution in [1.82, 2.24) is 4.31 Å². The highest BCUT2D eigenvalue weighted by Crippen LogP contribution is 2.46. The molecule has 0 saturated heterocycles. The summed E-state index contributed by atoms with van der Waals surface area (Å²) in [5.74, 6) is 2.94. The second kappa shape index (κ2) is 12.1. The van der Waals surface area contributed by atoms with E-state index in [1.54, 1.807) is 32.4 Å². The van der Waals surface area contributed by atoms with Gasteiger partial charge in [-0.2, -0.15) is 4.31 Å². The van der Waals surface area contributed by atoms with E-state index in [2.05, 4.69) is 0 Å². The number of fused-ring (bicyclic) bond motifs is 3. The lowest BCUT2D eigenvalue weighted by Gasteiger charge is -2.37. The van der Waals surface area contributed by atoms with E-state index in [1.807, 2.05) is 66.7 Å². The van der Waals surface area contributed by atoms with Gasteiger partial charge in [-0.1, -0.05) is 41.9 Å². The number of ether oxygens (including phenoxy) is 4. The first-order valence-corrected chi connectivity index (χ1v) is 16.1. The second-order valence-electron chi connectivity index (χ2n) is 11.0. The number of sulfonamides is 1. The van der Waals surface area contributed by atoms with Crippen molar-refractivity contribution in [3.05, 3.63) is 112 Å². The normalized spacial score (nSPS) is 17.8. The standard InChI is InChI=1S/C34H34ClNO6S/c1-39-28-8-3-24(4-9-28)21-36(22-25-5-10-29(40-2)11-6-25)43(37,38)30-12-14-32-26(19-30)15-16-34(23-42-32)17-18-41-33-20-27(35)7-13-31(33)34/h3-14,19-20H,15-18,21-23H2,1-2H3/t34-/m1/s1. The summed E-state index contributed by atoms with van der Waals surface area (Å²) in [5, 5.41) is 0.636. The monoisotopic (exact) mass is 619 g/mol. The van der Waals surface area contributed by atoms with Gasteiger partial charge in [0.15, 0.2) is 0 Å². The minimum Gasteiger partial charge on any atom is -0.497 e. The Balaban J connectivity index is 1.30. The van der Waals surface area contributed by atoms with Crippen LogP contribution < -0.4 is 18.9 Å². The molecule has 7 nitrogen and oxygen atoms in total. The lowest BCUT2D eigenvalue weighted by Crippen LogP contribution is -2.38. The maximum Gasteiger partial charge on any atom is 0.243 e. The molecule has 43 heavy (non-hydrogen) atoms. The highest BCUT2D eigenvalue weighted by atomic mass is 35.5. The van der Waals surface area contributed by atoms with Gasteiger partial charge in [0.1, 0.15) is 23.0 Å². The Kier molecular flexibility index (Phi) is 8.27. The molecule has 1 spiro atoms. The van der Waals surface area contributed by atoms with Crippen LogP contribution in [0.3, 0.4) is 0 Å². The summed E-state index contributed by atoms with van der Waals surface area (Å²) >= 11 is 6.24. The second-order valence-corrected chi connectivity index (χ2v) is 13.4. The molecule has 1 atom stereocenters. The predicted molar refractivity (Wildman–Crippen MR) is 166 cm³/mol.